The van der Waals surface area contributed by atoms with Gasteiger partial charge in [0.2, 0.25) is 0 Å². The molecule has 0 spiro atoms. The lowest BCUT2D eigenvalue weighted by Gasteiger charge is -2.21. The Morgan fingerprint density at radius 1 is 1.18 bits per heavy atom. The van der Waals surface area contributed by atoms with E-state index in [0.29, 0.717) is 16.6 Å². The summed E-state index contributed by atoms with van der Waals surface area (Å²) in [5, 5.41) is 0.536. The number of phosphoric acid groups is 3. The number of phosphoric ester groups is 1. The summed E-state index contributed by atoms with van der Waals surface area (Å²) in [6.45, 7) is 3.05. The van der Waals surface area contributed by atoms with Gasteiger partial charge < -0.3 is 49.8 Å². The number of nitrogens with zero attached hydrogens (tertiary/aromatic N) is 3. The highest BCUT2D eigenvalue weighted by atomic mass is 31.3. The first-order valence-electron chi connectivity index (χ1n) is 11.0. The minimum absolute atomic E-state index is 0.162. The van der Waals surface area contributed by atoms with Crippen LogP contribution in [0, 0.1) is 0 Å². The smallest absolute Gasteiger partial charge is 0.383 e. The summed E-state index contributed by atoms with van der Waals surface area (Å²) in [4.78, 5) is 44.8. The maximum absolute atomic E-state index is 12.2. The second-order valence-corrected chi connectivity index (χ2v) is 12.2. The van der Waals surface area contributed by atoms with Gasteiger partial charge in [-0.3, -0.25) is 4.52 Å². The molecule has 1 aliphatic rings. The van der Waals surface area contributed by atoms with Crippen LogP contribution in [-0.2, 0) is 41.1 Å². The maximum atomic E-state index is 12.2. The highest BCUT2D eigenvalue weighted by Gasteiger charge is 2.43. The van der Waals surface area contributed by atoms with Crippen molar-refractivity contribution >= 4 is 46.4 Å². The van der Waals surface area contributed by atoms with Crippen LogP contribution >= 0.6 is 23.5 Å². The third-order valence-corrected chi connectivity index (χ3v) is 8.81. The Morgan fingerprint density at radius 3 is 2.59 bits per heavy atom. The zero-order valence-electron chi connectivity index (χ0n) is 20.2. The molecule has 3 rings (SSSR count). The van der Waals surface area contributed by atoms with Crippen LogP contribution in [-0.4, -0.2) is 72.9 Å². The van der Waals surface area contributed by atoms with Gasteiger partial charge in [-0.05, 0) is 0 Å². The zero-order chi connectivity index (χ0) is 28.8. The van der Waals surface area contributed by atoms with Crippen molar-refractivity contribution in [1.82, 2.24) is 14.5 Å². The van der Waals surface area contributed by atoms with Crippen molar-refractivity contribution in [1.29, 1.82) is 0 Å². The molecule has 0 amide bonds. The molecule has 3 heterocycles. The largest absolute Gasteiger partial charge is 0.490 e. The number of rotatable bonds is 15. The van der Waals surface area contributed by atoms with Crippen molar-refractivity contribution in [3.63, 3.8) is 0 Å². The summed E-state index contributed by atoms with van der Waals surface area (Å²) in [7, 11) is -16.6. The van der Waals surface area contributed by atoms with E-state index < -0.39 is 48.5 Å². The van der Waals surface area contributed by atoms with Gasteiger partial charge in [0.05, 0.1) is 24.7 Å². The number of nitrogen functional groups attached to an aromatic ring is 1. The Hall–Kier alpha value is -1.85. The minimum Gasteiger partial charge on any atom is -0.383 e. The van der Waals surface area contributed by atoms with E-state index in [1.165, 1.54) is 12.4 Å². The molecule has 8 N–H and O–H groups in total. The van der Waals surface area contributed by atoms with E-state index in [1.807, 2.05) is 0 Å². The summed E-state index contributed by atoms with van der Waals surface area (Å²) < 4.78 is 65.4. The predicted octanol–water partition coefficient (Wildman–Crippen LogP) is 1.16. The number of hydrogen-bond donors (Lipinski definition) is 6. The Balaban J connectivity index is 1.81. The van der Waals surface area contributed by atoms with E-state index in [0.717, 1.165) is 0 Å². The van der Waals surface area contributed by atoms with Crippen LogP contribution in [0.4, 0.5) is 5.82 Å². The van der Waals surface area contributed by atoms with Crippen LogP contribution in [0.1, 0.15) is 18.2 Å². The molecular weight excluding hydrogens is 587 g/mol. The van der Waals surface area contributed by atoms with Crippen molar-refractivity contribution in [3.05, 3.63) is 36.8 Å². The summed E-state index contributed by atoms with van der Waals surface area (Å²) >= 11 is 0. The standard InChI is InChI=1S/C18H28N5O13P3/c1-2-6-31-11-32-13-7-15(23-8-12(4-3-5-19)16-17(20)21-10-22-18(16)23)34-14(13)9-33-38(27,28)36-39(29,30)35-37(24,25)26/h2-4,8,10,13-15H,1,5-7,9,11,19H2,(H,27,28)(H,29,30)(H2,20,21,22)(H2,24,25,26)/b4-3+. The molecule has 0 radical (unpaired) electrons. The maximum Gasteiger partial charge on any atom is 0.490 e. The molecule has 39 heavy (non-hydrogen) atoms. The lowest BCUT2D eigenvalue weighted by molar-refractivity contribution is -0.112. The zero-order valence-corrected chi connectivity index (χ0v) is 22.8. The molecule has 218 valence electrons. The molecule has 5 atom stereocenters. The van der Waals surface area contributed by atoms with Crippen molar-refractivity contribution in [2.24, 2.45) is 5.73 Å². The van der Waals surface area contributed by atoms with Gasteiger partial charge in [0.25, 0.3) is 0 Å². The first kappa shape index (κ1) is 31.7. The lowest BCUT2D eigenvalue weighted by atomic mass is 10.2. The van der Waals surface area contributed by atoms with Crippen LogP contribution in [0.2, 0.25) is 0 Å². The number of aromatic nitrogens is 3. The van der Waals surface area contributed by atoms with Crippen LogP contribution in [0.25, 0.3) is 17.1 Å². The first-order valence-corrected chi connectivity index (χ1v) is 15.5. The van der Waals surface area contributed by atoms with Crippen LogP contribution < -0.4 is 11.5 Å². The van der Waals surface area contributed by atoms with Gasteiger partial charge in [-0.2, -0.15) is 8.62 Å². The van der Waals surface area contributed by atoms with Gasteiger partial charge in [-0.15, -0.1) is 6.58 Å². The van der Waals surface area contributed by atoms with E-state index in [-0.39, 0.29) is 32.2 Å². The minimum atomic E-state index is -5.68. The molecular formula is C18H28N5O13P3. The predicted molar refractivity (Wildman–Crippen MR) is 134 cm³/mol. The van der Waals surface area contributed by atoms with Gasteiger partial charge in [0.1, 0.15) is 36.9 Å². The van der Waals surface area contributed by atoms with Crippen molar-refractivity contribution < 1.29 is 60.6 Å². The fourth-order valence-corrected chi connectivity index (χ4v) is 6.64. The Morgan fingerprint density at radius 2 is 1.92 bits per heavy atom. The fourth-order valence-electron chi connectivity index (χ4n) is 3.61. The third kappa shape index (κ3) is 9.08. The average Bonchev–Trinajstić information content (AvgIpc) is 3.39. The van der Waals surface area contributed by atoms with Gasteiger partial charge >= 0.3 is 23.5 Å². The third-order valence-electron chi connectivity index (χ3n) is 5.01. The van der Waals surface area contributed by atoms with Gasteiger partial charge in [0, 0.05) is 24.7 Å². The molecule has 0 saturated carbocycles. The second kappa shape index (κ2) is 13.2. The SMILES string of the molecule is C=CCOCOC1CC(n2cc(/C=C/CN)c3c(N)ncnc32)OC1COP(=O)(O)OP(=O)(O)OP(=O)(O)O. The monoisotopic (exact) mass is 615 g/mol. The van der Waals surface area contributed by atoms with E-state index in [2.05, 4.69) is 25.2 Å². The summed E-state index contributed by atoms with van der Waals surface area (Å²) in [6.07, 6.45) is 5.44. The molecule has 0 bridgehead atoms. The Kier molecular flexibility index (Phi) is 10.7. The highest BCUT2D eigenvalue weighted by molar-refractivity contribution is 7.66. The van der Waals surface area contributed by atoms with E-state index in [1.54, 1.807) is 22.9 Å². The summed E-state index contributed by atoms with van der Waals surface area (Å²) in [5.74, 6) is 0.211. The van der Waals surface area contributed by atoms with Crippen LogP contribution in [0.5, 0.6) is 0 Å². The molecule has 18 nitrogen and oxygen atoms in total. The molecule has 2 aromatic rings. The molecule has 21 heteroatoms. The van der Waals surface area contributed by atoms with Crippen molar-refractivity contribution in [2.45, 2.75) is 24.9 Å². The van der Waals surface area contributed by atoms with E-state index in [4.69, 9.17) is 40.0 Å². The van der Waals surface area contributed by atoms with E-state index in [9.17, 15) is 23.5 Å². The molecule has 2 aromatic heterocycles. The van der Waals surface area contributed by atoms with Crippen molar-refractivity contribution in [3.8, 4) is 0 Å². The Bertz CT molecular complexity index is 1330. The highest BCUT2D eigenvalue weighted by Crippen LogP contribution is 2.66. The number of nitrogens with two attached hydrogens (primary N) is 2. The van der Waals surface area contributed by atoms with Crippen LogP contribution in [0.3, 0.4) is 0 Å². The molecule has 5 unspecified atom stereocenters. The fraction of sp³-hybridized carbons (Fsp3) is 0.444. The van der Waals surface area contributed by atoms with E-state index >= 15 is 0 Å². The first-order chi connectivity index (χ1) is 18.3. The number of hydrogen-bond acceptors (Lipinski definition) is 13. The number of fused-ring (bicyclic) bond motifs is 1. The second-order valence-electron chi connectivity index (χ2n) is 7.82. The number of ether oxygens (including phenoxy) is 3. The molecule has 0 aliphatic carbocycles. The summed E-state index contributed by atoms with van der Waals surface area (Å²) in [5.41, 5.74) is 12.7. The normalized spacial score (nSPS) is 23.3. The average molecular weight is 615 g/mol. The Labute approximate surface area is 221 Å². The molecule has 1 fully saturated rings. The van der Waals surface area contributed by atoms with Gasteiger partial charge in [-0.25, -0.2) is 23.7 Å². The number of anilines is 1. The van der Waals surface area contributed by atoms with Crippen molar-refractivity contribution in [2.75, 3.05) is 32.3 Å². The molecule has 1 saturated heterocycles. The topological polar surface area (TPSA) is 270 Å². The molecule has 0 aromatic carbocycles. The lowest BCUT2D eigenvalue weighted by Crippen LogP contribution is -2.29. The quantitative estimate of drug-likeness (QED) is 0.0710. The van der Waals surface area contributed by atoms with Gasteiger partial charge in [0.15, 0.2) is 0 Å². The summed E-state index contributed by atoms with van der Waals surface area (Å²) in [6, 6.07) is 0. The molecule has 1 aliphatic heterocycles. The van der Waals surface area contributed by atoms with Gasteiger partial charge in [-0.1, -0.05) is 18.2 Å². The van der Waals surface area contributed by atoms with Crippen LogP contribution in [0.15, 0.2) is 31.3 Å².